The lowest BCUT2D eigenvalue weighted by Crippen LogP contribution is -2.27. The summed E-state index contributed by atoms with van der Waals surface area (Å²) in [5, 5.41) is 3.52. The highest BCUT2D eigenvalue weighted by Crippen LogP contribution is 2.33. The molecule has 1 atom stereocenters. The van der Waals surface area contributed by atoms with Crippen LogP contribution in [0.25, 0.3) is 0 Å². The Balaban J connectivity index is 2.04. The molecule has 0 saturated carbocycles. The second-order valence-electron chi connectivity index (χ2n) is 4.99. The number of rotatable bonds is 5. The van der Waals surface area contributed by atoms with Crippen LogP contribution in [0.3, 0.4) is 0 Å². The minimum Gasteiger partial charge on any atom is -0.494 e. The Bertz CT molecular complexity index is 636. The van der Waals surface area contributed by atoms with Gasteiger partial charge in [-0.1, -0.05) is 60.5 Å². The van der Waals surface area contributed by atoms with Crippen molar-refractivity contribution in [2.75, 3.05) is 13.7 Å². The van der Waals surface area contributed by atoms with Gasteiger partial charge in [0, 0.05) is 12.1 Å². The van der Waals surface area contributed by atoms with Crippen LogP contribution < -0.4 is 10.1 Å². The first-order valence-corrected chi connectivity index (χ1v) is 7.64. The summed E-state index contributed by atoms with van der Waals surface area (Å²) in [6, 6.07) is 13.1. The molecule has 3 nitrogen and oxygen atoms in total. The number of amides is 1. The SMILES string of the molecule is COc1c(Cl)cc(C(=O)NC[C@H](C)c2ccccc2)cc1Cl. The Labute approximate surface area is 140 Å². The van der Waals surface area contributed by atoms with Crippen LogP contribution in [-0.2, 0) is 0 Å². The van der Waals surface area contributed by atoms with Crippen molar-refractivity contribution in [1.82, 2.24) is 5.32 Å². The molecular formula is C17H17Cl2NO2. The summed E-state index contributed by atoms with van der Waals surface area (Å²) >= 11 is 12.1. The van der Waals surface area contributed by atoms with E-state index in [1.54, 1.807) is 12.1 Å². The number of methoxy groups -OCH3 is 1. The van der Waals surface area contributed by atoms with Crippen molar-refractivity contribution in [3.8, 4) is 5.75 Å². The molecule has 0 radical (unpaired) electrons. The third-order valence-corrected chi connectivity index (χ3v) is 3.96. The van der Waals surface area contributed by atoms with Gasteiger partial charge in [0.15, 0.2) is 5.75 Å². The Kier molecular flexibility index (Phi) is 5.69. The average molecular weight is 338 g/mol. The number of ether oxygens (including phenoxy) is 1. The van der Waals surface area contributed by atoms with Crippen LogP contribution in [0.2, 0.25) is 10.0 Å². The van der Waals surface area contributed by atoms with E-state index < -0.39 is 0 Å². The first kappa shape index (κ1) is 16.7. The lowest BCUT2D eigenvalue weighted by Gasteiger charge is -2.14. The van der Waals surface area contributed by atoms with Crippen molar-refractivity contribution >= 4 is 29.1 Å². The molecule has 0 spiro atoms. The maximum atomic E-state index is 12.2. The van der Waals surface area contributed by atoms with Crippen LogP contribution in [0.15, 0.2) is 42.5 Å². The van der Waals surface area contributed by atoms with Crippen molar-refractivity contribution < 1.29 is 9.53 Å². The molecule has 0 aliphatic rings. The molecule has 1 N–H and O–H groups in total. The number of benzene rings is 2. The second kappa shape index (κ2) is 7.52. The molecule has 0 heterocycles. The van der Waals surface area contributed by atoms with Crippen molar-refractivity contribution in [2.45, 2.75) is 12.8 Å². The summed E-state index contributed by atoms with van der Waals surface area (Å²) in [6.07, 6.45) is 0. The zero-order chi connectivity index (χ0) is 16.1. The minimum atomic E-state index is -0.214. The maximum absolute atomic E-state index is 12.2. The van der Waals surface area contributed by atoms with Crippen LogP contribution in [0, 0.1) is 0 Å². The number of carbonyl (C=O) groups excluding carboxylic acids is 1. The molecule has 0 saturated heterocycles. The van der Waals surface area contributed by atoms with Crippen LogP contribution >= 0.6 is 23.2 Å². The maximum Gasteiger partial charge on any atom is 0.251 e. The van der Waals surface area contributed by atoms with Gasteiger partial charge in [-0.15, -0.1) is 0 Å². The Hall–Kier alpha value is -1.71. The van der Waals surface area contributed by atoms with Gasteiger partial charge in [-0.05, 0) is 23.6 Å². The molecule has 2 rings (SSSR count). The summed E-state index contributed by atoms with van der Waals surface area (Å²) in [4.78, 5) is 12.2. The lowest BCUT2D eigenvalue weighted by atomic mass is 10.0. The van der Waals surface area contributed by atoms with Crippen LogP contribution in [0.1, 0.15) is 28.8 Å². The first-order valence-electron chi connectivity index (χ1n) is 6.89. The topological polar surface area (TPSA) is 38.3 Å². The molecule has 0 aliphatic heterocycles. The largest absolute Gasteiger partial charge is 0.494 e. The quantitative estimate of drug-likeness (QED) is 0.869. The number of nitrogens with one attached hydrogen (secondary N) is 1. The predicted octanol–water partition coefficient (Wildman–Crippen LogP) is 4.54. The number of hydrogen-bond donors (Lipinski definition) is 1. The van der Waals surface area contributed by atoms with Crippen LogP contribution in [0.4, 0.5) is 0 Å². The van der Waals surface area contributed by atoms with Gasteiger partial charge < -0.3 is 10.1 Å². The molecule has 2 aromatic carbocycles. The third-order valence-electron chi connectivity index (χ3n) is 3.40. The van der Waals surface area contributed by atoms with Gasteiger partial charge in [-0.3, -0.25) is 4.79 Å². The highest BCUT2D eigenvalue weighted by Gasteiger charge is 2.14. The van der Waals surface area contributed by atoms with Gasteiger partial charge in [-0.2, -0.15) is 0 Å². The molecular weight excluding hydrogens is 321 g/mol. The molecule has 0 fully saturated rings. The fourth-order valence-electron chi connectivity index (χ4n) is 2.13. The van der Waals surface area contributed by atoms with Crippen molar-refractivity contribution in [1.29, 1.82) is 0 Å². The molecule has 2 aromatic rings. The normalized spacial score (nSPS) is 11.8. The molecule has 5 heteroatoms. The summed E-state index contributed by atoms with van der Waals surface area (Å²) in [5.74, 6) is 0.376. The summed E-state index contributed by atoms with van der Waals surface area (Å²) in [5.41, 5.74) is 1.59. The highest BCUT2D eigenvalue weighted by atomic mass is 35.5. The van der Waals surface area contributed by atoms with Gasteiger partial charge in [0.1, 0.15) is 0 Å². The standard InChI is InChI=1S/C17H17Cl2NO2/c1-11(12-6-4-3-5-7-12)10-20-17(21)13-8-14(18)16(22-2)15(19)9-13/h3-9,11H,10H2,1-2H3,(H,20,21)/t11-/m0/s1. The monoisotopic (exact) mass is 337 g/mol. The third kappa shape index (κ3) is 3.93. The average Bonchev–Trinajstić information content (AvgIpc) is 2.52. The Morgan fingerprint density at radius 1 is 1.18 bits per heavy atom. The zero-order valence-electron chi connectivity index (χ0n) is 12.4. The minimum absolute atomic E-state index is 0.214. The van der Waals surface area contributed by atoms with Gasteiger partial charge in [-0.25, -0.2) is 0 Å². The van der Waals surface area contributed by atoms with E-state index in [1.807, 2.05) is 30.3 Å². The van der Waals surface area contributed by atoms with Gasteiger partial charge >= 0.3 is 0 Å². The molecule has 0 aromatic heterocycles. The van der Waals surface area contributed by atoms with E-state index in [1.165, 1.54) is 12.7 Å². The fraction of sp³-hybridized carbons (Fsp3) is 0.235. The van der Waals surface area contributed by atoms with Crippen molar-refractivity contribution in [2.24, 2.45) is 0 Å². The molecule has 0 aliphatic carbocycles. The van der Waals surface area contributed by atoms with E-state index in [0.717, 1.165) is 0 Å². The van der Waals surface area contributed by atoms with Crippen LogP contribution in [0.5, 0.6) is 5.75 Å². The van der Waals surface area contributed by atoms with E-state index in [2.05, 4.69) is 12.2 Å². The molecule has 1 amide bonds. The zero-order valence-corrected chi connectivity index (χ0v) is 13.9. The van der Waals surface area contributed by atoms with Gasteiger partial charge in [0.05, 0.1) is 17.2 Å². The first-order chi connectivity index (χ1) is 10.5. The number of hydrogen-bond acceptors (Lipinski definition) is 2. The van der Waals surface area contributed by atoms with Gasteiger partial charge in [0.25, 0.3) is 5.91 Å². The van der Waals surface area contributed by atoms with Crippen LogP contribution in [-0.4, -0.2) is 19.6 Å². The second-order valence-corrected chi connectivity index (χ2v) is 5.81. The molecule has 116 valence electrons. The Morgan fingerprint density at radius 3 is 2.32 bits per heavy atom. The van der Waals surface area contributed by atoms with Gasteiger partial charge in [0.2, 0.25) is 0 Å². The van der Waals surface area contributed by atoms with Crippen molar-refractivity contribution in [3.05, 3.63) is 63.6 Å². The van der Waals surface area contributed by atoms with E-state index >= 15 is 0 Å². The molecule has 22 heavy (non-hydrogen) atoms. The predicted molar refractivity (Wildman–Crippen MR) is 90.2 cm³/mol. The van der Waals surface area contributed by atoms with E-state index in [-0.39, 0.29) is 11.8 Å². The van der Waals surface area contributed by atoms with E-state index in [0.29, 0.717) is 27.9 Å². The van der Waals surface area contributed by atoms with E-state index in [9.17, 15) is 4.79 Å². The summed E-state index contributed by atoms with van der Waals surface area (Å²) < 4.78 is 5.07. The Morgan fingerprint density at radius 2 is 1.77 bits per heavy atom. The fourth-order valence-corrected chi connectivity index (χ4v) is 2.77. The molecule has 0 unspecified atom stereocenters. The van der Waals surface area contributed by atoms with Crippen molar-refractivity contribution in [3.63, 3.8) is 0 Å². The van der Waals surface area contributed by atoms with E-state index in [4.69, 9.17) is 27.9 Å². The lowest BCUT2D eigenvalue weighted by molar-refractivity contribution is 0.0951. The number of carbonyl (C=O) groups is 1. The summed E-state index contributed by atoms with van der Waals surface area (Å²) in [6.45, 7) is 2.59. The highest BCUT2D eigenvalue weighted by molar-refractivity contribution is 6.37. The molecule has 0 bridgehead atoms. The number of halogens is 2. The smallest absolute Gasteiger partial charge is 0.251 e. The summed E-state index contributed by atoms with van der Waals surface area (Å²) in [7, 11) is 1.48.